The Hall–Kier alpha value is -1.26. The topological polar surface area (TPSA) is 37.8 Å². The zero-order valence-electron chi connectivity index (χ0n) is 10.3. The molecule has 0 radical (unpaired) electrons. The van der Waals surface area contributed by atoms with Gasteiger partial charge >= 0.3 is 0 Å². The van der Waals surface area contributed by atoms with Gasteiger partial charge in [0.15, 0.2) is 0 Å². The monoisotopic (exact) mass is 247 g/mol. The van der Waals surface area contributed by atoms with Gasteiger partial charge in [-0.25, -0.2) is 4.98 Å². The summed E-state index contributed by atoms with van der Waals surface area (Å²) in [6.45, 7) is 6.28. The van der Waals surface area contributed by atoms with E-state index in [-0.39, 0.29) is 12.1 Å². The highest BCUT2D eigenvalue weighted by molar-refractivity contribution is 7.09. The number of thiazole rings is 1. The summed E-state index contributed by atoms with van der Waals surface area (Å²) in [6, 6.07) is 6.47. The van der Waals surface area contributed by atoms with Gasteiger partial charge < -0.3 is 5.32 Å². The van der Waals surface area contributed by atoms with Crippen LogP contribution in [0.5, 0.6) is 0 Å². The maximum atomic E-state index is 4.49. The lowest BCUT2D eigenvalue weighted by molar-refractivity contribution is 0.484. The highest BCUT2D eigenvalue weighted by atomic mass is 32.1. The second-order valence-corrected chi connectivity index (χ2v) is 5.08. The Balaban J connectivity index is 2.02. The predicted molar refractivity (Wildman–Crippen MR) is 71.1 cm³/mol. The van der Waals surface area contributed by atoms with Gasteiger partial charge in [-0.15, -0.1) is 11.3 Å². The first kappa shape index (κ1) is 12.2. The van der Waals surface area contributed by atoms with Crippen molar-refractivity contribution < 1.29 is 0 Å². The van der Waals surface area contributed by atoms with Gasteiger partial charge in [-0.05, 0) is 32.9 Å². The molecule has 0 bridgehead atoms. The highest BCUT2D eigenvalue weighted by Gasteiger charge is 2.13. The van der Waals surface area contributed by atoms with Crippen molar-refractivity contribution in [2.24, 2.45) is 0 Å². The Kier molecular flexibility index (Phi) is 3.86. The molecule has 0 saturated carbocycles. The summed E-state index contributed by atoms with van der Waals surface area (Å²) in [5, 5.41) is 6.72. The molecule has 3 nitrogen and oxygen atoms in total. The van der Waals surface area contributed by atoms with E-state index in [0.717, 1.165) is 16.4 Å². The average Bonchev–Trinajstić information content (AvgIpc) is 2.77. The van der Waals surface area contributed by atoms with Crippen LogP contribution in [0.25, 0.3) is 0 Å². The highest BCUT2D eigenvalue weighted by Crippen LogP contribution is 2.20. The van der Waals surface area contributed by atoms with Crippen LogP contribution in [0, 0.1) is 6.92 Å². The normalized spacial score (nSPS) is 14.5. The van der Waals surface area contributed by atoms with E-state index in [0.29, 0.717) is 0 Å². The lowest BCUT2D eigenvalue weighted by atomic mass is 10.2. The van der Waals surface area contributed by atoms with Gasteiger partial charge in [-0.1, -0.05) is 6.07 Å². The third-order valence-corrected chi connectivity index (χ3v) is 3.78. The maximum Gasteiger partial charge on any atom is 0.110 e. The minimum atomic E-state index is 0.232. The fourth-order valence-electron chi connectivity index (χ4n) is 1.73. The summed E-state index contributed by atoms with van der Waals surface area (Å²) < 4.78 is 0. The summed E-state index contributed by atoms with van der Waals surface area (Å²) in [5.41, 5.74) is 2.15. The van der Waals surface area contributed by atoms with Crippen LogP contribution in [0.4, 0.5) is 0 Å². The Morgan fingerprint density at radius 3 is 2.65 bits per heavy atom. The fourth-order valence-corrected chi connectivity index (χ4v) is 2.55. The third kappa shape index (κ3) is 3.11. The van der Waals surface area contributed by atoms with Gasteiger partial charge in [-0.3, -0.25) is 4.98 Å². The number of nitrogens with one attached hydrogen (secondary N) is 1. The van der Waals surface area contributed by atoms with E-state index in [2.05, 4.69) is 34.5 Å². The lowest BCUT2D eigenvalue weighted by Crippen LogP contribution is -2.23. The molecule has 0 aromatic carbocycles. The van der Waals surface area contributed by atoms with Gasteiger partial charge in [-0.2, -0.15) is 0 Å². The third-order valence-electron chi connectivity index (χ3n) is 2.64. The van der Waals surface area contributed by atoms with Crippen molar-refractivity contribution in [3.05, 3.63) is 46.2 Å². The summed E-state index contributed by atoms with van der Waals surface area (Å²) in [6.07, 6.45) is 1.83. The van der Waals surface area contributed by atoms with Crippen LogP contribution >= 0.6 is 11.3 Å². The number of aryl methyl sites for hydroxylation is 1. The zero-order valence-corrected chi connectivity index (χ0v) is 11.2. The van der Waals surface area contributed by atoms with Crippen LogP contribution in [-0.2, 0) is 0 Å². The molecule has 2 heterocycles. The van der Waals surface area contributed by atoms with Crippen molar-refractivity contribution in [1.82, 2.24) is 15.3 Å². The molecule has 2 atom stereocenters. The quantitative estimate of drug-likeness (QED) is 0.901. The van der Waals surface area contributed by atoms with E-state index in [1.54, 1.807) is 11.3 Å². The summed E-state index contributed by atoms with van der Waals surface area (Å²) in [5.74, 6) is 0. The van der Waals surface area contributed by atoms with Gasteiger partial charge in [0.2, 0.25) is 0 Å². The van der Waals surface area contributed by atoms with E-state index in [4.69, 9.17) is 0 Å². The second kappa shape index (κ2) is 5.38. The van der Waals surface area contributed by atoms with Crippen molar-refractivity contribution in [2.75, 3.05) is 0 Å². The molecular formula is C13H17N3S. The van der Waals surface area contributed by atoms with Gasteiger partial charge in [0.1, 0.15) is 5.01 Å². The maximum absolute atomic E-state index is 4.49. The van der Waals surface area contributed by atoms with E-state index in [9.17, 15) is 0 Å². The number of hydrogen-bond donors (Lipinski definition) is 1. The second-order valence-electron chi connectivity index (χ2n) is 4.19. The van der Waals surface area contributed by atoms with Crippen molar-refractivity contribution >= 4 is 11.3 Å². The smallest absolute Gasteiger partial charge is 0.110 e. The molecule has 4 heteroatoms. The molecular weight excluding hydrogens is 230 g/mol. The first-order valence-electron chi connectivity index (χ1n) is 5.76. The number of hydrogen-bond acceptors (Lipinski definition) is 4. The molecule has 90 valence electrons. The van der Waals surface area contributed by atoms with Crippen molar-refractivity contribution in [3.8, 4) is 0 Å². The van der Waals surface area contributed by atoms with Crippen LogP contribution in [0.2, 0.25) is 0 Å². The fraction of sp³-hybridized carbons (Fsp3) is 0.385. The van der Waals surface area contributed by atoms with E-state index >= 15 is 0 Å². The molecule has 0 aliphatic rings. The number of pyridine rings is 1. The first-order chi connectivity index (χ1) is 8.16. The number of rotatable bonds is 4. The average molecular weight is 247 g/mol. The summed E-state index contributed by atoms with van der Waals surface area (Å²) in [7, 11) is 0. The Labute approximate surface area is 106 Å². The largest absolute Gasteiger partial charge is 0.300 e. The summed E-state index contributed by atoms with van der Waals surface area (Å²) >= 11 is 1.70. The van der Waals surface area contributed by atoms with Crippen molar-refractivity contribution in [3.63, 3.8) is 0 Å². The molecule has 0 aliphatic carbocycles. The van der Waals surface area contributed by atoms with Crippen LogP contribution in [0.15, 0.2) is 29.8 Å². The predicted octanol–water partition coefficient (Wildman–Crippen LogP) is 3.26. The van der Waals surface area contributed by atoms with Crippen LogP contribution in [0.3, 0.4) is 0 Å². The molecule has 0 saturated heterocycles. The van der Waals surface area contributed by atoms with Crippen molar-refractivity contribution in [2.45, 2.75) is 32.9 Å². The molecule has 0 aliphatic heterocycles. The van der Waals surface area contributed by atoms with Gasteiger partial charge in [0.25, 0.3) is 0 Å². The molecule has 0 fully saturated rings. The standard InChI is InChI=1S/C13H17N3S/c1-9-8-17-13(15-9)11(3)16-10(2)12-6-4-5-7-14-12/h4-8,10-11,16H,1-3H3. The molecule has 2 unspecified atom stereocenters. The molecule has 2 aromatic heterocycles. The Bertz CT molecular complexity index is 467. The van der Waals surface area contributed by atoms with Crippen molar-refractivity contribution in [1.29, 1.82) is 0 Å². The van der Waals surface area contributed by atoms with Gasteiger partial charge in [0, 0.05) is 23.3 Å². The molecule has 17 heavy (non-hydrogen) atoms. The van der Waals surface area contributed by atoms with Gasteiger partial charge in [0.05, 0.1) is 11.7 Å². The lowest BCUT2D eigenvalue weighted by Gasteiger charge is -2.17. The molecule has 0 amide bonds. The van der Waals surface area contributed by atoms with E-state index in [1.165, 1.54) is 0 Å². The molecule has 0 spiro atoms. The zero-order chi connectivity index (χ0) is 12.3. The van der Waals surface area contributed by atoms with Crippen LogP contribution < -0.4 is 5.32 Å². The number of nitrogens with zero attached hydrogens (tertiary/aromatic N) is 2. The van der Waals surface area contributed by atoms with Crippen LogP contribution in [0.1, 0.15) is 42.3 Å². The van der Waals surface area contributed by atoms with E-state index < -0.39 is 0 Å². The summed E-state index contributed by atoms with van der Waals surface area (Å²) in [4.78, 5) is 8.84. The number of aromatic nitrogens is 2. The van der Waals surface area contributed by atoms with Crippen LogP contribution in [-0.4, -0.2) is 9.97 Å². The molecule has 2 aromatic rings. The minimum absolute atomic E-state index is 0.232. The Morgan fingerprint density at radius 2 is 2.06 bits per heavy atom. The first-order valence-corrected chi connectivity index (χ1v) is 6.64. The molecule has 2 rings (SSSR count). The SMILES string of the molecule is Cc1csc(C(C)NC(C)c2ccccn2)n1. The Morgan fingerprint density at radius 1 is 1.24 bits per heavy atom. The van der Waals surface area contributed by atoms with E-state index in [1.807, 2.05) is 31.3 Å². The minimum Gasteiger partial charge on any atom is -0.300 e. The molecule has 1 N–H and O–H groups in total.